The van der Waals surface area contributed by atoms with Gasteiger partial charge < -0.3 is 18.9 Å². The maximum Gasteiger partial charge on any atom is 0.119 e. The second-order valence-electron chi connectivity index (χ2n) is 16.0. The molecule has 6 heteroatoms. The fraction of sp³-hybridized carbons (Fsp3) is 0.286. The zero-order valence-corrected chi connectivity index (χ0v) is 36.7. The molecule has 6 aromatic carbocycles. The highest BCUT2D eigenvalue weighted by Gasteiger charge is 2.28. The summed E-state index contributed by atoms with van der Waals surface area (Å²) in [6.45, 7) is 11.5. The first-order valence-electron chi connectivity index (χ1n) is 22.7. The van der Waals surface area contributed by atoms with Gasteiger partial charge in [0, 0.05) is 33.9 Å². The van der Waals surface area contributed by atoms with E-state index in [9.17, 15) is 0 Å². The van der Waals surface area contributed by atoms with Crippen LogP contribution in [0.15, 0.2) is 134 Å². The number of aromatic nitrogens is 2. The van der Waals surface area contributed by atoms with E-state index >= 15 is 0 Å². The minimum absolute atomic E-state index is 0.685. The van der Waals surface area contributed by atoms with Crippen molar-refractivity contribution in [3.05, 3.63) is 134 Å². The van der Waals surface area contributed by atoms with Crippen LogP contribution >= 0.6 is 0 Å². The number of benzene rings is 6. The number of pyridine rings is 2. The van der Waals surface area contributed by atoms with Crippen LogP contribution in [-0.4, -0.2) is 36.4 Å². The van der Waals surface area contributed by atoms with Crippen LogP contribution in [0.5, 0.6) is 23.0 Å². The van der Waals surface area contributed by atoms with E-state index in [-0.39, 0.29) is 0 Å². The van der Waals surface area contributed by atoms with Gasteiger partial charge in [0.25, 0.3) is 0 Å². The molecule has 0 N–H and O–H groups in total. The lowest BCUT2D eigenvalue weighted by Crippen LogP contribution is -2.01. The highest BCUT2D eigenvalue weighted by molar-refractivity contribution is 6.34. The van der Waals surface area contributed by atoms with Crippen LogP contribution < -0.4 is 18.9 Å². The van der Waals surface area contributed by atoms with E-state index in [4.69, 9.17) is 28.9 Å². The first-order valence-corrected chi connectivity index (χ1v) is 22.7. The summed E-state index contributed by atoms with van der Waals surface area (Å²) in [5.41, 5.74) is 10.5. The number of unbranched alkanes of at least 4 members (excludes halogenated alkanes) is 4. The van der Waals surface area contributed by atoms with Crippen LogP contribution in [0.1, 0.15) is 79.1 Å². The molecule has 0 aliphatic rings. The molecule has 0 saturated heterocycles. The second-order valence-corrected chi connectivity index (χ2v) is 16.0. The van der Waals surface area contributed by atoms with E-state index in [1.807, 2.05) is 24.5 Å². The van der Waals surface area contributed by atoms with Crippen LogP contribution in [0.25, 0.3) is 77.1 Å². The number of ether oxygens (including phenoxy) is 4. The molecule has 0 atom stereocenters. The Bertz CT molecular complexity index is 2520. The SMILES string of the molecule is CCCCOc1ccc(-c2c(-c3ccc(OCCCC)cc3)c(-c3ccc(OCCCC)cc3)c3c4cccnc4c4ncccc4c3c2-c2ccc(OCCCC)cc2)cc1. The van der Waals surface area contributed by atoms with Gasteiger partial charge in [0.2, 0.25) is 0 Å². The van der Waals surface area contributed by atoms with Crippen LogP contribution in [0.3, 0.4) is 0 Å². The average Bonchev–Trinajstić information content (AvgIpc) is 3.32. The van der Waals surface area contributed by atoms with E-state index in [1.54, 1.807) is 0 Å². The van der Waals surface area contributed by atoms with Crippen LogP contribution in [0.2, 0.25) is 0 Å². The van der Waals surface area contributed by atoms with Crippen LogP contribution in [-0.2, 0) is 0 Å². The summed E-state index contributed by atoms with van der Waals surface area (Å²) in [6, 6.07) is 43.1. The Morgan fingerprint density at radius 3 is 0.887 bits per heavy atom. The summed E-state index contributed by atoms with van der Waals surface area (Å²) < 4.78 is 24.9. The van der Waals surface area contributed by atoms with Gasteiger partial charge in [-0.25, -0.2) is 0 Å². The normalized spacial score (nSPS) is 11.4. The van der Waals surface area contributed by atoms with Gasteiger partial charge in [0.05, 0.1) is 37.5 Å². The molecule has 8 rings (SSSR count). The monoisotopic (exact) mass is 822 g/mol. The third-order valence-electron chi connectivity index (χ3n) is 11.5. The Morgan fingerprint density at radius 1 is 0.339 bits per heavy atom. The van der Waals surface area contributed by atoms with Gasteiger partial charge in [-0.1, -0.05) is 114 Å². The van der Waals surface area contributed by atoms with Crippen molar-refractivity contribution < 1.29 is 18.9 Å². The molecule has 8 aromatic rings. The number of rotatable bonds is 20. The smallest absolute Gasteiger partial charge is 0.119 e. The quantitative estimate of drug-likeness (QED) is 0.0564. The Balaban J connectivity index is 1.52. The van der Waals surface area contributed by atoms with Gasteiger partial charge in [-0.15, -0.1) is 0 Å². The molecule has 0 spiro atoms. The summed E-state index contributed by atoms with van der Waals surface area (Å²) in [6.07, 6.45) is 12.1. The first kappa shape index (κ1) is 42.3. The molecule has 0 aliphatic carbocycles. The van der Waals surface area contributed by atoms with Crippen molar-refractivity contribution >= 4 is 32.6 Å². The molecule has 0 fully saturated rings. The first-order chi connectivity index (χ1) is 30.6. The molecule has 0 radical (unpaired) electrons. The Kier molecular flexibility index (Phi) is 13.9. The molecule has 0 amide bonds. The predicted octanol–water partition coefficient (Wildman–Crippen LogP) is 15.3. The second kappa shape index (κ2) is 20.4. The summed E-state index contributed by atoms with van der Waals surface area (Å²) in [5.74, 6) is 3.44. The van der Waals surface area contributed by atoms with Crippen molar-refractivity contribution in [2.75, 3.05) is 26.4 Å². The summed E-state index contributed by atoms with van der Waals surface area (Å²) in [4.78, 5) is 10.1. The molecule has 62 heavy (non-hydrogen) atoms. The van der Waals surface area contributed by atoms with Crippen molar-refractivity contribution in [1.82, 2.24) is 9.97 Å². The molecule has 0 saturated carbocycles. The fourth-order valence-corrected chi connectivity index (χ4v) is 8.24. The molecule has 0 aliphatic heterocycles. The molecule has 2 heterocycles. The number of fused-ring (bicyclic) bond motifs is 6. The van der Waals surface area contributed by atoms with Gasteiger partial charge in [-0.3, -0.25) is 9.97 Å². The van der Waals surface area contributed by atoms with Crippen LogP contribution in [0.4, 0.5) is 0 Å². The average molecular weight is 823 g/mol. The van der Waals surface area contributed by atoms with Gasteiger partial charge in [-0.05, 0) is 131 Å². The molecular formula is C56H58N2O4. The molecule has 0 bridgehead atoms. The van der Waals surface area contributed by atoms with Crippen molar-refractivity contribution in [3.8, 4) is 67.5 Å². The Morgan fingerprint density at radius 2 is 0.613 bits per heavy atom. The lowest BCUT2D eigenvalue weighted by molar-refractivity contribution is 0.309. The zero-order chi connectivity index (χ0) is 42.7. The van der Waals surface area contributed by atoms with E-state index < -0.39 is 0 Å². The van der Waals surface area contributed by atoms with Crippen molar-refractivity contribution in [2.45, 2.75) is 79.1 Å². The molecule has 316 valence electrons. The largest absolute Gasteiger partial charge is 0.494 e. The molecular weight excluding hydrogens is 765 g/mol. The standard InChI is InChI=1S/C56H58N2O4/c1-5-9-35-59-43-25-17-39(18-26-43)49-50(40-19-27-44(28-20-40)60-36-10-6-2)52(42-23-31-46(32-24-42)62-38-12-8-4)54-48-16-14-34-58-56(48)55-47(15-13-33-57-55)53(54)51(49)41-21-29-45(30-22-41)61-37-11-7-3/h13-34H,5-12,35-38H2,1-4H3. The zero-order valence-electron chi connectivity index (χ0n) is 36.7. The third kappa shape index (κ3) is 9.11. The molecule has 6 nitrogen and oxygen atoms in total. The lowest BCUT2D eigenvalue weighted by Gasteiger charge is -2.26. The minimum atomic E-state index is 0.685. The van der Waals surface area contributed by atoms with Gasteiger partial charge in [0.1, 0.15) is 23.0 Å². The summed E-state index contributed by atoms with van der Waals surface area (Å²) in [5, 5.41) is 4.32. The van der Waals surface area contributed by atoms with E-state index in [0.29, 0.717) is 26.4 Å². The maximum atomic E-state index is 6.23. The third-order valence-corrected chi connectivity index (χ3v) is 11.5. The number of hydrogen-bond donors (Lipinski definition) is 0. The maximum absolute atomic E-state index is 6.23. The molecule has 2 aromatic heterocycles. The van der Waals surface area contributed by atoms with E-state index in [2.05, 4.69) is 137 Å². The Hall–Kier alpha value is -6.40. The predicted molar refractivity (Wildman–Crippen MR) is 258 cm³/mol. The number of hydrogen-bond acceptors (Lipinski definition) is 6. The van der Waals surface area contributed by atoms with Crippen molar-refractivity contribution in [3.63, 3.8) is 0 Å². The van der Waals surface area contributed by atoms with Crippen LogP contribution in [0, 0.1) is 0 Å². The fourth-order valence-electron chi connectivity index (χ4n) is 8.24. The highest BCUT2D eigenvalue weighted by Crippen LogP contribution is 2.54. The topological polar surface area (TPSA) is 62.7 Å². The molecule has 0 unspecified atom stereocenters. The van der Waals surface area contributed by atoms with Gasteiger partial charge >= 0.3 is 0 Å². The lowest BCUT2D eigenvalue weighted by atomic mass is 9.77. The van der Waals surface area contributed by atoms with E-state index in [0.717, 1.165) is 151 Å². The number of nitrogens with zero attached hydrogens (tertiary/aromatic N) is 2. The highest BCUT2D eigenvalue weighted by atomic mass is 16.5. The summed E-state index contributed by atoms with van der Waals surface area (Å²) in [7, 11) is 0. The van der Waals surface area contributed by atoms with Crippen molar-refractivity contribution in [1.29, 1.82) is 0 Å². The Labute approximate surface area is 366 Å². The van der Waals surface area contributed by atoms with Gasteiger partial charge in [-0.2, -0.15) is 0 Å². The minimum Gasteiger partial charge on any atom is -0.494 e. The summed E-state index contributed by atoms with van der Waals surface area (Å²) >= 11 is 0. The van der Waals surface area contributed by atoms with E-state index in [1.165, 1.54) is 0 Å². The van der Waals surface area contributed by atoms with Gasteiger partial charge in [0.15, 0.2) is 0 Å². The van der Waals surface area contributed by atoms with Crippen molar-refractivity contribution in [2.24, 2.45) is 0 Å².